The van der Waals surface area contributed by atoms with Gasteiger partial charge in [0.1, 0.15) is 0 Å². The van der Waals surface area contributed by atoms with Gasteiger partial charge >= 0.3 is 0 Å². The Morgan fingerprint density at radius 3 is 2.34 bits per heavy atom. The van der Waals surface area contributed by atoms with Crippen LogP contribution in [-0.4, -0.2) is 0 Å². The molecule has 0 radical (unpaired) electrons. The van der Waals surface area contributed by atoms with Crippen molar-refractivity contribution in [1.29, 1.82) is 0 Å². The van der Waals surface area contributed by atoms with Crippen molar-refractivity contribution in [1.82, 2.24) is 0 Å². The first-order valence-corrected chi connectivity index (χ1v) is 10.5. The first-order chi connectivity index (χ1) is 14.2. The normalized spacial score (nSPS) is 21.7. The molecule has 0 aromatic heterocycles. The van der Waals surface area contributed by atoms with Gasteiger partial charge in [0.2, 0.25) is 0 Å². The number of para-hydroxylation sites is 1. The molecule has 6 rings (SSSR count). The minimum atomic E-state index is 0.0968. The molecule has 2 nitrogen and oxygen atoms in total. The van der Waals surface area contributed by atoms with Crippen molar-refractivity contribution in [2.45, 2.75) is 18.0 Å². The summed E-state index contributed by atoms with van der Waals surface area (Å²) in [7, 11) is 0. The molecule has 2 aliphatic heterocycles. The van der Waals surface area contributed by atoms with Crippen LogP contribution >= 0.6 is 23.2 Å². The SMILES string of the molecule is Clc1ccc([C@H]2Nc3ccc4ccccc4c3[C@@H]3Nc4ccccc4[C@H]23)cc1Cl. The predicted molar refractivity (Wildman–Crippen MR) is 122 cm³/mol. The van der Waals surface area contributed by atoms with Crippen LogP contribution in [0.5, 0.6) is 0 Å². The van der Waals surface area contributed by atoms with Crippen LogP contribution in [0.3, 0.4) is 0 Å². The second kappa shape index (κ2) is 6.41. The highest BCUT2D eigenvalue weighted by Gasteiger charge is 2.44. The summed E-state index contributed by atoms with van der Waals surface area (Å²) in [6, 6.07) is 27.9. The third-order valence-corrected chi connectivity index (χ3v) is 6.98. The number of rotatable bonds is 1. The molecule has 3 atom stereocenters. The molecular formula is C25H18Cl2N2. The van der Waals surface area contributed by atoms with E-state index in [1.807, 2.05) is 12.1 Å². The maximum Gasteiger partial charge on any atom is 0.0632 e. The van der Waals surface area contributed by atoms with Crippen molar-refractivity contribution in [2.75, 3.05) is 10.6 Å². The van der Waals surface area contributed by atoms with E-state index in [0.717, 1.165) is 5.56 Å². The number of nitrogens with one attached hydrogen (secondary N) is 2. The van der Waals surface area contributed by atoms with Gasteiger partial charge in [-0.2, -0.15) is 0 Å². The molecule has 0 amide bonds. The maximum atomic E-state index is 6.38. The monoisotopic (exact) mass is 416 g/mol. The van der Waals surface area contributed by atoms with Crippen LogP contribution in [0.25, 0.3) is 10.8 Å². The third-order valence-electron chi connectivity index (χ3n) is 6.24. The van der Waals surface area contributed by atoms with Crippen LogP contribution in [0, 0.1) is 0 Å². The van der Waals surface area contributed by atoms with Gasteiger partial charge in [0, 0.05) is 22.9 Å². The average molecular weight is 417 g/mol. The summed E-state index contributed by atoms with van der Waals surface area (Å²) < 4.78 is 0. The van der Waals surface area contributed by atoms with Gasteiger partial charge in [0.15, 0.2) is 0 Å². The molecule has 29 heavy (non-hydrogen) atoms. The Balaban J connectivity index is 1.60. The zero-order valence-corrected chi connectivity index (χ0v) is 17.0. The van der Waals surface area contributed by atoms with E-state index < -0.39 is 0 Å². The van der Waals surface area contributed by atoms with E-state index in [-0.39, 0.29) is 18.0 Å². The maximum absolute atomic E-state index is 6.38. The highest BCUT2D eigenvalue weighted by molar-refractivity contribution is 6.42. The van der Waals surface area contributed by atoms with Crippen molar-refractivity contribution in [3.8, 4) is 0 Å². The number of halogens is 2. The van der Waals surface area contributed by atoms with Crippen LogP contribution in [0.4, 0.5) is 11.4 Å². The Kier molecular flexibility index (Phi) is 3.80. The lowest BCUT2D eigenvalue weighted by Gasteiger charge is -2.38. The highest BCUT2D eigenvalue weighted by Crippen LogP contribution is 2.57. The van der Waals surface area contributed by atoms with Crippen molar-refractivity contribution in [3.05, 3.63) is 106 Å². The molecule has 0 aliphatic carbocycles. The van der Waals surface area contributed by atoms with Gasteiger partial charge in [0.25, 0.3) is 0 Å². The zero-order chi connectivity index (χ0) is 19.5. The number of hydrogen-bond acceptors (Lipinski definition) is 2. The lowest BCUT2D eigenvalue weighted by atomic mass is 9.77. The van der Waals surface area contributed by atoms with Crippen LogP contribution in [0.15, 0.2) is 78.9 Å². The van der Waals surface area contributed by atoms with Gasteiger partial charge in [-0.15, -0.1) is 0 Å². The molecule has 2 heterocycles. The van der Waals surface area contributed by atoms with Gasteiger partial charge < -0.3 is 10.6 Å². The first-order valence-electron chi connectivity index (χ1n) is 9.79. The molecule has 0 bridgehead atoms. The van der Waals surface area contributed by atoms with E-state index in [9.17, 15) is 0 Å². The van der Waals surface area contributed by atoms with Crippen molar-refractivity contribution >= 4 is 45.3 Å². The molecular weight excluding hydrogens is 399 g/mol. The third kappa shape index (κ3) is 2.56. The molecule has 2 N–H and O–H groups in total. The Bertz CT molecular complexity index is 1270. The average Bonchev–Trinajstić information content (AvgIpc) is 3.14. The molecule has 0 spiro atoms. The van der Waals surface area contributed by atoms with E-state index in [4.69, 9.17) is 23.2 Å². The molecule has 2 aliphatic rings. The summed E-state index contributed by atoms with van der Waals surface area (Å²) in [5.41, 5.74) is 6.18. The standard InChI is InChI=1S/C25H18Cl2N2/c26-18-11-9-15(13-19(18)27)24-23-17-7-3-4-8-20(17)28-25(23)22-16-6-2-1-5-14(16)10-12-21(22)29-24/h1-13,23-25,28-29H/t23-,24-,25+/m1/s1. The lowest BCUT2D eigenvalue weighted by Crippen LogP contribution is -2.30. The van der Waals surface area contributed by atoms with Gasteiger partial charge in [-0.3, -0.25) is 0 Å². The van der Waals surface area contributed by atoms with E-state index >= 15 is 0 Å². The van der Waals surface area contributed by atoms with Crippen LogP contribution in [0.2, 0.25) is 10.0 Å². The second-order valence-corrected chi connectivity index (χ2v) is 8.59. The summed E-state index contributed by atoms with van der Waals surface area (Å²) >= 11 is 12.6. The number of benzene rings is 4. The van der Waals surface area contributed by atoms with Crippen LogP contribution in [-0.2, 0) is 0 Å². The largest absolute Gasteiger partial charge is 0.377 e. The minimum absolute atomic E-state index is 0.0968. The molecule has 0 fully saturated rings. The summed E-state index contributed by atoms with van der Waals surface area (Å²) in [5, 5.41) is 11.4. The van der Waals surface area contributed by atoms with Crippen molar-refractivity contribution < 1.29 is 0 Å². The first kappa shape index (κ1) is 17.2. The van der Waals surface area contributed by atoms with E-state index in [2.05, 4.69) is 77.4 Å². The number of hydrogen-bond donors (Lipinski definition) is 2. The number of anilines is 2. The Morgan fingerprint density at radius 2 is 1.45 bits per heavy atom. The molecule has 0 saturated heterocycles. The molecule has 4 aromatic carbocycles. The zero-order valence-electron chi connectivity index (χ0n) is 15.5. The molecule has 0 saturated carbocycles. The van der Waals surface area contributed by atoms with Crippen molar-refractivity contribution in [3.63, 3.8) is 0 Å². The predicted octanol–water partition coefficient (Wildman–Crippen LogP) is 7.56. The molecule has 0 unspecified atom stereocenters. The Morgan fingerprint density at radius 1 is 0.655 bits per heavy atom. The molecule has 142 valence electrons. The van der Waals surface area contributed by atoms with E-state index in [1.54, 1.807) is 0 Å². The summed E-state index contributed by atoms with van der Waals surface area (Å²) in [6.45, 7) is 0. The smallest absolute Gasteiger partial charge is 0.0632 e. The van der Waals surface area contributed by atoms with Gasteiger partial charge in [-0.05, 0) is 46.2 Å². The molecule has 4 heteroatoms. The summed E-state index contributed by atoms with van der Waals surface area (Å²) in [6.07, 6.45) is 0. The quantitative estimate of drug-likeness (QED) is 0.334. The van der Waals surface area contributed by atoms with E-state index in [1.165, 1.54) is 33.3 Å². The number of fused-ring (bicyclic) bond motifs is 7. The highest BCUT2D eigenvalue weighted by atomic mass is 35.5. The second-order valence-electron chi connectivity index (χ2n) is 7.78. The fourth-order valence-electron chi connectivity index (χ4n) is 4.99. The fraction of sp³-hybridized carbons (Fsp3) is 0.120. The van der Waals surface area contributed by atoms with Crippen LogP contribution < -0.4 is 10.6 Å². The van der Waals surface area contributed by atoms with Gasteiger partial charge in [-0.1, -0.05) is 77.8 Å². The Hall–Kier alpha value is -2.68. The fourth-order valence-corrected chi connectivity index (χ4v) is 5.30. The van der Waals surface area contributed by atoms with Gasteiger partial charge in [-0.25, -0.2) is 0 Å². The molecule has 4 aromatic rings. The topological polar surface area (TPSA) is 24.1 Å². The summed E-state index contributed by atoms with van der Waals surface area (Å²) in [4.78, 5) is 0. The van der Waals surface area contributed by atoms with Gasteiger partial charge in [0.05, 0.1) is 22.1 Å². The van der Waals surface area contributed by atoms with E-state index in [0.29, 0.717) is 10.0 Å². The Labute approximate surface area is 179 Å². The minimum Gasteiger partial charge on any atom is -0.377 e. The van der Waals surface area contributed by atoms with Crippen molar-refractivity contribution in [2.24, 2.45) is 0 Å². The summed E-state index contributed by atoms with van der Waals surface area (Å²) in [5.74, 6) is 0.252. The van der Waals surface area contributed by atoms with Crippen LogP contribution in [0.1, 0.15) is 34.7 Å². The lowest BCUT2D eigenvalue weighted by molar-refractivity contribution is 0.523.